The van der Waals surface area contributed by atoms with Gasteiger partial charge in [0.1, 0.15) is 5.82 Å². The molecule has 2 aromatic rings. The van der Waals surface area contributed by atoms with Gasteiger partial charge >= 0.3 is 0 Å². The second-order valence-electron chi connectivity index (χ2n) is 4.62. The molecule has 0 N–H and O–H groups in total. The van der Waals surface area contributed by atoms with Crippen LogP contribution in [0.25, 0.3) is 11.1 Å². The molecule has 0 atom stereocenters. The summed E-state index contributed by atoms with van der Waals surface area (Å²) in [5.74, 6) is -0.0401. The van der Waals surface area contributed by atoms with Gasteiger partial charge in [-0.1, -0.05) is 30.3 Å². The van der Waals surface area contributed by atoms with Crippen molar-refractivity contribution < 1.29 is 9.18 Å². The van der Waals surface area contributed by atoms with E-state index in [9.17, 15) is 9.18 Å². The first-order valence-electron chi connectivity index (χ1n) is 6.17. The first-order chi connectivity index (χ1) is 8.75. The Morgan fingerprint density at radius 1 is 0.944 bits per heavy atom. The fourth-order valence-corrected chi connectivity index (χ4v) is 2.60. The quantitative estimate of drug-likeness (QED) is 0.736. The topological polar surface area (TPSA) is 17.1 Å². The minimum absolute atomic E-state index is 0.203. The molecule has 0 spiro atoms. The normalized spacial score (nSPS) is 14.4. The molecule has 1 aliphatic carbocycles. The lowest BCUT2D eigenvalue weighted by molar-refractivity contribution is 0.0972. The highest BCUT2D eigenvalue weighted by Crippen LogP contribution is 2.31. The molecule has 0 amide bonds. The van der Waals surface area contributed by atoms with Crippen LogP contribution in [-0.2, 0) is 6.42 Å². The van der Waals surface area contributed by atoms with Crippen LogP contribution in [0.1, 0.15) is 28.8 Å². The van der Waals surface area contributed by atoms with E-state index in [0.29, 0.717) is 6.42 Å². The Labute approximate surface area is 105 Å². The van der Waals surface area contributed by atoms with Crippen LogP contribution in [0, 0.1) is 5.82 Å². The number of hydrogen-bond donors (Lipinski definition) is 0. The molecule has 3 rings (SSSR count). The number of rotatable bonds is 1. The maximum Gasteiger partial charge on any atom is 0.163 e. The first kappa shape index (κ1) is 11.1. The summed E-state index contributed by atoms with van der Waals surface area (Å²) in [7, 11) is 0. The Hall–Kier alpha value is -1.96. The lowest BCUT2D eigenvalue weighted by Gasteiger charge is -2.18. The molecule has 0 unspecified atom stereocenters. The van der Waals surface area contributed by atoms with Gasteiger partial charge in [0.25, 0.3) is 0 Å². The number of fused-ring (bicyclic) bond motifs is 1. The van der Waals surface area contributed by atoms with Gasteiger partial charge in [0.2, 0.25) is 0 Å². The summed E-state index contributed by atoms with van der Waals surface area (Å²) in [6.07, 6.45) is 2.41. The van der Waals surface area contributed by atoms with Gasteiger partial charge in [-0.15, -0.1) is 0 Å². The average molecular weight is 240 g/mol. The monoisotopic (exact) mass is 240 g/mol. The van der Waals surface area contributed by atoms with Crippen molar-refractivity contribution in [1.82, 2.24) is 0 Å². The highest BCUT2D eigenvalue weighted by atomic mass is 19.1. The van der Waals surface area contributed by atoms with Crippen molar-refractivity contribution in [3.63, 3.8) is 0 Å². The Bertz CT molecular complexity index is 616. The predicted octanol–water partition coefficient (Wildman–Crippen LogP) is 4.01. The maximum absolute atomic E-state index is 13.3. The SMILES string of the molecule is O=C1CCCc2c1cccc2-c1cccc(F)c1. The highest BCUT2D eigenvalue weighted by Gasteiger charge is 2.19. The number of carbonyl (C=O) groups is 1. The molecule has 0 saturated heterocycles. The molecule has 0 saturated carbocycles. The van der Waals surface area contributed by atoms with Gasteiger partial charge in [0.15, 0.2) is 5.78 Å². The van der Waals surface area contributed by atoms with Gasteiger partial charge < -0.3 is 0 Å². The lowest BCUT2D eigenvalue weighted by Crippen LogP contribution is -2.11. The zero-order chi connectivity index (χ0) is 12.5. The van der Waals surface area contributed by atoms with Crippen molar-refractivity contribution in [3.8, 4) is 11.1 Å². The number of ketones is 1. The van der Waals surface area contributed by atoms with Gasteiger partial charge in [-0.3, -0.25) is 4.79 Å². The minimum Gasteiger partial charge on any atom is -0.294 e. The van der Waals surface area contributed by atoms with Gasteiger partial charge in [-0.05, 0) is 41.7 Å². The number of hydrogen-bond acceptors (Lipinski definition) is 1. The molecule has 0 aromatic heterocycles. The van der Waals surface area contributed by atoms with Crippen LogP contribution in [0.4, 0.5) is 4.39 Å². The van der Waals surface area contributed by atoms with Crippen molar-refractivity contribution in [2.75, 3.05) is 0 Å². The Balaban J connectivity index is 2.19. The molecule has 2 aromatic carbocycles. The molecule has 1 nitrogen and oxygen atoms in total. The second-order valence-corrected chi connectivity index (χ2v) is 4.62. The zero-order valence-electron chi connectivity index (χ0n) is 9.95. The molecule has 2 heteroatoms. The molecule has 90 valence electrons. The van der Waals surface area contributed by atoms with E-state index in [-0.39, 0.29) is 11.6 Å². The van der Waals surface area contributed by atoms with Crippen LogP contribution in [0.15, 0.2) is 42.5 Å². The van der Waals surface area contributed by atoms with Crippen molar-refractivity contribution in [2.24, 2.45) is 0 Å². The van der Waals surface area contributed by atoms with E-state index >= 15 is 0 Å². The largest absolute Gasteiger partial charge is 0.294 e. The van der Waals surface area contributed by atoms with E-state index in [1.54, 1.807) is 6.07 Å². The summed E-state index contributed by atoms with van der Waals surface area (Å²) in [5, 5.41) is 0. The van der Waals surface area contributed by atoms with Gasteiger partial charge in [0.05, 0.1) is 0 Å². The molecule has 0 heterocycles. The molecule has 0 aliphatic heterocycles. The van der Waals surface area contributed by atoms with E-state index < -0.39 is 0 Å². The number of carbonyl (C=O) groups excluding carboxylic acids is 1. The third-order valence-corrected chi connectivity index (χ3v) is 3.44. The van der Waals surface area contributed by atoms with Crippen LogP contribution >= 0.6 is 0 Å². The second kappa shape index (κ2) is 4.37. The molecule has 0 fully saturated rings. The summed E-state index contributed by atoms with van der Waals surface area (Å²) >= 11 is 0. The molecular weight excluding hydrogens is 227 g/mol. The molecule has 0 bridgehead atoms. The Kier molecular flexibility index (Phi) is 2.71. The standard InChI is InChI=1S/C16H13FO/c17-12-5-1-4-11(10-12)13-6-2-8-15-14(13)7-3-9-16(15)18/h1-2,4-6,8,10H,3,7,9H2. The molecule has 18 heavy (non-hydrogen) atoms. The molecule has 0 radical (unpaired) electrons. The van der Waals surface area contributed by atoms with E-state index in [0.717, 1.165) is 35.1 Å². The zero-order valence-corrected chi connectivity index (χ0v) is 9.95. The average Bonchev–Trinajstić information content (AvgIpc) is 2.39. The van der Waals surface area contributed by atoms with Crippen LogP contribution in [0.3, 0.4) is 0 Å². The summed E-state index contributed by atoms with van der Waals surface area (Å²) < 4.78 is 13.3. The third kappa shape index (κ3) is 1.84. The van der Waals surface area contributed by atoms with Crippen LogP contribution < -0.4 is 0 Å². The minimum atomic E-state index is -0.243. The lowest BCUT2D eigenvalue weighted by atomic mass is 9.85. The summed E-state index contributed by atoms with van der Waals surface area (Å²) in [4.78, 5) is 11.9. The first-order valence-corrected chi connectivity index (χ1v) is 6.17. The van der Waals surface area contributed by atoms with E-state index in [1.165, 1.54) is 12.1 Å². The maximum atomic E-state index is 13.3. The summed E-state index contributed by atoms with van der Waals surface area (Å²) in [6.45, 7) is 0. The summed E-state index contributed by atoms with van der Waals surface area (Å²) in [6, 6.07) is 12.3. The Morgan fingerprint density at radius 2 is 1.72 bits per heavy atom. The van der Waals surface area contributed by atoms with Crippen molar-refractivity contribution >= 4 is 5.78 Å². The van der Waals surface area contributed by atoms with Gasteiger partial charge in [0, 0.05) is 12.0 Å². The van der Waals surface area contributed by atoms with Crippen LogP contribution in [0.5, 0.6) is 0 Å². The summed E-state index contributed by atoms with van der Waals surface area (Å²) in [5.41, 5.74) is 3.71. The van der Waals surface area contributed by atoms with Crippen LogP contribution in [-0.4, -0.2) is 5.78 Å². The Morgan fingerprint density at radius 3 is 2.56 bits per heavy atom. The van der Waals surface area contributed by atoms with Gasteiger partial charge in [-0.25, -0.2) is 4.39 Å². The number of benzene rings is 2. The van der Waals surface area contributed by atoms with Crippen molar-refractivity contribution in [1.29, 1.82) is 0 Å². The van der Waals surface area contributed by atoms with Crippen molar-refractivity contribution in [3.05, 3.63) is 59.4 Å². The fourth-order valence-electron chi connectivity index (χ4n) is 2.60. The molecular formula is C16H13FO. The van der Waals surface area contributed by atoms with Crippen molar-refractivity contribution in [2.45, 2.75) is 19.3 Å². The van der Waals surface area contributed by atoms with E-state index in [2.05, 4.69) is 0 Å². The highest BCUT2D eigenvalue weighted by molar-refractivity contribution is 6.00. The number of Topliss-reactive ketones (excluding diaryl/α,β-unsaturated/α-hetero) is 1. The molecule has 1 aliphatic rings. The fraction of sp³-hybridized carbons (Fsp3) is 0.188. The third-order valence-electron chi connectivity index (χ3n) is 3.44. The van der Waals surface area contributed by atoms with Gasteiger partial charge in [-0.2, -0.15) is 0 Å². The predicted molar refractivity (Wildman–Crippen MR) is 69.1 cm³/mol. The smallest absolute Gasteiger partial charge is 0.163 e. The van der Waals surface area contributed by atoms with E-state index in [4.69, 9.17) is 0 Å². The van der Waals surface area contributed by atoms with E-state index in [1.807, 2.05) is 24.3 Å². The number of halogens is 1. The van der Waals surface area contributed by atoms with Crippen LogP contribution in [0.2, 0.25) is 0 Å².